The smallest absolute Gasteiger partial charge is 0.119 e. The van der Waals surface area contributed by atoms with E-state index in [0.29, 0.717) is 19.8 Å². The molecule has 1 atom stereocenters. The maximum Gasteiger partial charge on any atom is 0.119 e. The van der Waals surface area contributed by atoms with Crippen LogP contribution in [0.1, 0.15) is 16.7 Å². The number of methoxy groups -OCH3 is 1. The van der Waals surface area contributed by atoms with Crippen LogP contribution in [0.4, 0.5) is 5.69 Å². The molecule has 2 aromatic rings. The van der Waals surface area contributed by atoms with E-state index in [1.54, 1.807) is 7.11 Å². The summed E-state index contributed by atoms with van der Waals surface area (Å²) in [4.78, 5) is 2.06. The van der Waals surface area contributed by atoms with Gasteiger partial charge in [-0.1, -0.05) is 29.8 Å². The van der Waals surface area contributed by atoms with Crippen molar-refractivity contribution in [2.75, 3.05) is 32.2 Å². The highest BCUT2D eigenvalue weighted by molar-refractivity contribution is 5.53. The fourth-order valence-electron chi connectivity index (χ4n) is 2.78. The average Bonchev–Trinajstić information content (AvgIpc) is 2.54. The molecule has 2 rings (SSSR count). The van der Waals surface area contributed by atoms with Crippen LogP contribution in [0, 0.1) is 13.8 Å². The lowest BCUT2D eigenvalue weighted by Crippen LogP contribution is -2.32. The Morgan fingerprint density at radius 2 is 1.92 bits per heavy atom. The minimum atomic E-state index is -0.540. The number of likely N-dealkylation sites (N-methyl/N-ethyl adjacent to an activating group) is 1. The van der Waals surface area contributed by atoms with Crippen molar-refractivity contribution >= 4 is 5.69 Å². The summed E-state index contributed by atoms with van der Waals surface area (Å²) in [5.41, 5.74) is 4.62. The highest BCUT2D eigenvalue weighted by atomic mass is 16.5. The first-order chi connectivity index (χ1) is 11.5. The van der Waals surface area contributed by atoms with Crippen LogP contribution in [0.3, 0.4) is 0 Å². The maximum absolute atomic E-state index is 10.2. The molecule has 0 fully saturated rings. The van der Waals surface area contributed by atoms with Gasteiger partial charge in [0.1, 0.15) is 5.75 Å². The number of benzene rings is 2. The largest absolute Gasteiger partial charge is 0.497 e. The van der Waals surface area contributed by atoms with E-state index >= 15 is 0 Å². The van der Waals surface area contributed by atoms with Crippen molar-refractivity contribution in [3.8, 4) is 5.75 Å². The summed E-state index contributed by atoms with van der Waals surface area (Å²) in [6.45, 7) is 5.46. The van der Waals surface area contributed by atoms with Gasteiger partial charge in [-0.25, -0.2) is 0 Å². The van der Waals surface area contributed by atoms with Gasteiger partial charge in [-0.15, -0.1) is 0 Å². The first-order valence-corrected chi connectivity index (χ1v) is 8.16. The minimum Gasteiger partial charge on any atom is -0.497 e. The van der Waals surface area contributed by atoms with Crippen molar-refractivity contribution in [3.05, 3.63) is 59.2 Å². The molecule has 0 heterocycles. The summed E-state index contributed by atoms with van der Waals surface area (Å²) < 4.78 is 10.8. The fourth-order valence-corrected chi connectivity index (χ4v) is 2.78. The van der Waals surface area contributed by atoms with Crippen molar-refractivity contribution < 1.29 is 14.6 Å². The highest BCUT2D eigenvalue weighted by Crippen LogP contribution is 2.20. The molecule has 0 aliphatic heterocycles. The molecule has 2 aromatic carbocycles. The van der Waals surface area contributed by atoms with Gasteiger partial charge in [0.15, 0.2) is 0 Å². The molecule has 4 heteroatoms. The predicted molar refractivity (Wildman–Crippen MR) is 97.8 cm³/mol. The summed E-state index contributed by atoms with van der Waals surface area (Å²) in [5, 5.41) is 10.2. The van der Waals surface area contributed by atoms with Gasteiger partial charge in [-0.3, -0.25) is 0 Å². The molecular formula is C20H27NO3. The Morgan fingerprint density at radius 1 is 1.12 bits per heavy atom. The number of nitrogens with zero attached hydrogens (tertiary/aromatic N) is 1. The molecule has 0 spiro atoms. The molecule has 0 aliphatic carbocycles. The van der Waals surface area contributed by atoms with Gasteiger partial charge >= 0.3 is 0 Å². The number of hydrogen-bond donors (Lipinski definition) is 1. The molecule has 0 aromatic heterocycles. The Labute approximate surface area is 144 Å². The summed E-state index contributed by atoms with van der Waals surface area (Å²) in [6.07, 6.45) is -0.540. The average molecular weight is 329 g/mol. The summed E-state index contributed by atoms with van der Waals surface area (Å²) in [7, 11) is 3.63. The normalized spacial score (nSPS) is 12.0. The molecule has 4 nitrogen and oxygen atoms in total. The van der Waals surface area contributed by atoms with Crippen molar-refractivity contribution in [2.24, 2.45) is 0 Å². The third kappa shape index (κ3) is 5.25. The molecule has 0 saturated carbocycles. The summed E-state index contributed by atoms with van der Waals surface area (Å²) in [6, 6.07) is 14.1. The van der Waals surface area contributed by atoms with Gasteiger partial charge in [-0.2, -0.15) is 0 Å². The zero-order chi connectivity index (χ0) is 17.5. The first kappa shape index (κ1) is 18.3. The second-order valence-electron chi connectivity index (χ2n) is 6.19. The van der Waals surface area contributed by atoms with Gasteiger partial charge < -0.3 is 19.5 Å². The van der Waals surface area contributed by atoms with Gasteiger partial charge in [0.2, 0.25) is 0 Å². The second kappa shape index (κ2) is 8.71. The van der Waals surface area contributed by atoms with Crippen LogP contribution in [-0.4, -0.2) is 38.5 Å². The Balaban J connectivity index is 1.81. The standard InChI is InChI=1S/C20H27NO3/c1-15-8-9-20(16(2)10-15)21(3)12-18(22)14-24-13-17-6-5-7-19(11-17)23-4/h5-11,18,22H,12-14H2,1-4H3. The number of aliphatic hydroxyl groups is 1. The van der Waals surface area contributed by atoms with Crippen molar-refractivity contribution in [3.63, 3.8) is 0 Å². The van der Waals surface area contributed by atoms with Crippen LogP contribution in [0.15, 0.2) is 42.5 Å². The van der Waals surface area contributed by atoms with Crippen molar-refractivity contribution in [2.45, 2.75) is 26.6 Å². The number of ether oxygens (including phenoxy) is 2. The molecule has 0 amide bonds. The van der Waals surface area contributed by atoms with Crippen molar-refractivity contribution in [1.29, 1.82) is 0 Å². The van der Waals surface area contributed by atoms with E-state index in [1.165, 1.54) is 11.1 Å². The van der Waals surface area contributed by atoms with Crippen LogP contribution in [0.5, 0.6) is 5.75 Å². The topological polar surface area (TPSA) is 41.9 Å². The third-order valence-corrected chi connectivity index (χ3v) is 3.96. The van der Waals surface area contributed by atoms with Crippen LogP contribution in [-0.2, 0) is 11.3 Å². The number of aliphatic hydroxyl groups excluding tert-OH is 1. The van der Waals surface area contributed by atoms with E-state index in [1.807, 2.05) is 31.3 Å². The van der Waals surface area contributed by atoms with Crippen LogP contribution in [0.25, 0.3) is 0 Å². The molecule has 24 heavy (non-hydrogen) atoms. The van der Waals surface area contributed by atoms with E-state index in [9.17, 15) is 5.11 Å². The van der Waals surface area contributed by atoms with Crippen LogP contribution < -0.4 is 9.64 Å². The summed E-state index contributed by atoms with van der Waals surface area (Å²) >= 11 is 0. The predicted octanol–water partition coefficient (Wildman–Crippen LogP) is 3.33. The lowest BCUT2D eigenvalue weighted by atomic mass is 10.1. The maximum atomic E-state index is 10.2. The van der Waals surface area contributed by atoms with E-state index in [-0.39, 0.29) is 0 Å². The molecule has 0 aliphatic rings. The molecule has 1 unspecified atom stereocenters. The molecule has 0 saturated heterocycles. The molecule has 130 valence electrons. The molecular weight excluding hydrogens is 302 g/mol. The highest BCUT2D eigenvalue weighted by Gasteiger charge is 2.11. The quantitative estimate of drug-likeness (QED) is 0.807. The number of anilines is 1. The van der Waals surface area contributed by atoms with E-state index in [0.717, 1.165) is 17.0 Å². The second-order valence-corrected chi connectivity index (χ2v) is 6.19. The first-order valence-electron chi connectivity index (χ1n) is 8.16. The monoisotopic (exact) mass is 329 g/mol. The third-order valence-electron chi connectivity index (χ3n) is 3.96. The SMILES string of the molecule is COc1cccc(COCC(O)CN(C)c2ccc(C)cc2C)c1. The zero-order valence-corrected chi connectivity index (χ0v) is 15.0. The molecule has 0 radical (unpaired) electrons. The Hall–Kier alpha value is -2.04. The fraction of sp³-hybridized carbons (Fsp3) is 0.400. The van der Waals surface area contributed by atoms with Gasteiger partial charge in [0.25, 0.3) is 0 Å². The Morgan fingerprint density at radius 3 is 2.62 bits per heavy atom. The molecule has 0 bridgehead atoms. The van der Waals surface area contributed by atoms with E-state index < -0.39 is 6.10 Å². The molecule has 1 N–H and O–H groups in total. The number of hydrogen-bond acceptors (Lipinski definition) is 4. The van der Waals surface area contributed by atoms with Gasteiger partial charge in [-0.05, 0) is 43.2 Å². The summed E-state index contributed by atoms with van der Waals surface area (Å²) in [5.74, 6) is 0.811. The van der Waals surface area contributed by atoms with Gasteiger partial charge in [0, 0.05) is 19.3 Å². The zero-order valence-electron chi connectivity index (χ0n) is 15.0. The Kier molecular flexibility index (Phi) is 6.64. The lowest BCUT2D eigenvalue weighted by Gasteiger charge is -2.24. The van der Waals surface area contributed by atoms with Gasteiger partial charge in [0.05, 0.1) is 26.4 Å². The van der Waals surface area contributed by atoms with Crippen molar-refractivity contribution in [1.82, 2.24) is 0 Å². The Bertz CT molecular complexity index is 657. The number of rotatable bonds is 8. The lowest BCUT2D eigenvalue weighted by molar-refractivity contribution is 0.0324. The number of aryl methyl sites for hydroxylation is 2. The van der Waals surface area contributed by atoms with E-state index in [4.69, 9.17) is 9.47 Å². The van der Waals surface area contributed by atoms with Crippen LogP contribution in [0.2, 0.25) is 0 Å². The van der Waals surface area contributed by atoms with E-state index in [2.05, 4.69) is 36.9 Å². The minimum absolute atomic E-state index is 0.298. The van der Waals surface area contributed by atoms with Crippen LogP contribution >= 0.6 is 0 Å².